The van der Waals surface area contributed by atoms with Crippen molar-refractivity contribution >= 4 is 5.96 Å². The lowest BCUT2D eigenvalue weighted by Gasteiger charge is -2.40. The van der Waals surface area contributed by atoms with Crippen LogP contribution in [0.25, 0.3) is 0 Å². The number of guanidine groups is 1. The van der Waals surface area contributed by atoms with Crippen LogP contribution in [0.1, 0.15) is 51.9 Å². The standard InChI is InChI=1S/C20H39N3O3/c1-3-21-19(23-17-20(8-4-9-20)10-15-24-2)22-11-5-12-26-16-18-6-13-25-14-7-18/h18H,3-17H2,1-2H3,(H2,21,22,23). The molecule has 0 aromatic carbocycles. The molecule has 2 fully saturated rings. The molecule has 6 nitrogen and oxygen atoms in total. The molecule has 0 amide bonds. The van der Waals surface area contributed by atoms with Crippen LogP contribution >= 0.6 is 0 Å². The van der Waals surface area contributed by atoms with E-state index >= 15 is 0 Å². The number of ether oxygens (including phenoxy) is 3. The quantitative estimate of drug-likeness (QED) is 0.314. The Labute approximate surface area is 159 Å². The highest BCUT2D eigenvalue weighted by Gasteiger charge is 2.36. The van der Waals surface area contributed by atoms with E-state index in [9.17, 15) is 0 Å². The van der Waals surface area contributed by atoms with Crippen molar-refractivity contribution in [2.45, 2.75) is 51.9 Å². The molecule has 0 aromatic heterocycles. The molecular weight excluding hydrogens is 330 g/mol. The van der Waals surface area contributed by atoms with Crippen LogP contribution in [0.2, 0.25) is 0 Å². The second-order valence-electron chi connectivity index (χ2n) is 7.70. The second kappa shape index (κ2) is 12.5. The number of hydrogen-bond acceptors (Lipinski definition) is 4. The molecule has 0 spiro atoms. The smallest absolute Gasteiger partial charge is 0.191 e. The molecule has 1 saturated heterocycles. The molecule has 1 saturated carbocycles. The summed E-state index contributed by atoms with van der Waals surface area (Å²) in [5.74, 6) is 1.61. The Bertz CT molecular complexity index is 394. The molecule has 1 heterocycles. The minimum absolute atomic E-state index is 0.366. The van der Waals surface area contributed by atoms with Gasteiger partial charge in [0, 0.05) is 59.8 Å². The highest BCUT2D eigenvalue weighted by atomic mass is 16.5. The third-order valence-corrected chi connectivity index (χ3v) is 5.62. The van der Waals surface area contributed by atoms with Gasteiger partial charge in [0.1, 0.15) is 0 Å². The van der Waals surface area contributed by atoms with E-state index in [-0.39, 0.29) is 0 Å². The number of aliphatic imine (C=N–C) groups is 1. The zero-order valence-corrected chi connectivity index (χ0v) is 16.9. The molecule has 0 atom stereocenters. The van der Waals surface area contributed by atoms with E-state index in [2.05, 4.69) is 17.6 Å². The van der Waals surface area contributed by atoms with Crippen LogP contribution in [0.15, 0.2) is 4.99 Å². The van der Waals surface area contributed by atoms with Crippen molar-refractivity contribution in [3.63, 3.8) is 0 Å². The van der Waals surface area contributed by atoms with Crippen LogP contribution in [-0.2, 0) is 14.2 Å². The van der Waals surface area contributed by atoms with Crippen molar-refractivity contribution in [3.05, 3.63) is 0 Å². The SMILES string of the molecule is CCNC(=NCC1(CCOC)CCC1)NCCCOCC1CCOCC1. The van der Waals surface area contributed by atoms with Crippen LogP contribution < -0.4 is 10.6 Å². The third kappa shape index (κ3) is 7.80. The summed E-state index contributed by atoms with van der Waals surface area (Å²) < 4.78 is 16.5. The first-order valence-corrected chi connectivity index (χ1v) is 10.4. The van der Waals surface area contributed by atoms with Gasteiger partial charge in [-0.1, -0.05) is 6.42 Å². The van der Waals surface area contributed by atoms with Crippen molar-refractivity contribution < 1.29 is 14.2 Å². The van der Waals surface area contributed by atoms with Gasteiger partial charge >= 0.3 is 0 Å². The fourth-order valence-corrected chi connectivity index (χ4v) is 3.62. The van der Waals surface area contributed by atoms with Crippen LogP contribution in [-0.4, -0.2) is 65.7 Å². The van der Waals surface area contributed by atoms with Gasteiger partial charge in [-0.2, -0.15) is 0 Å². The summed E-state index contributed by atoms with van der Waals surface area (Å²) in [6, 6.07) is 0. The fourth-order valence-electron chi connectivity index (χ4n) is 3.62. The van der Waals surface area contributed by atoms with Gasteiger partial charge in [0.25, 0.3) is 0 Å². The number of hydrogen-bond donors (Lipinski definition) is 2. The lowest BCUT2D eigenvalue weighted by Crippen LogP contribution is -2.40. The normalized spacial score (nSPS) is 20.6. The van der Waals surface area contributed by atoms with Crippen molar-refractivity contribution in [1.82, 2.24) is 10.6 Å². The Kier molecular flexibility index (Phi) is 10.3. The highest BCUT2D eigenvalue weighted by Crippen LogP contribution is 2.44. The molecule has 6 heteroatoms. The van der Waals surface area contributed by atoms with Crippen molar-refractivity contribution in [2.75, 3.05) is 59.8 Å². The molecular formula is C20H39N3O3. The first-order chi connectivity index (χ1) is 12.8. The summed E-state index contributed by atoms with van der Waals surface area (Å²) in [7, 11) is 1.78. The molecule has 0 aromatic rings. The Hall–Kier alpha value is -0.850. The predicted octanol–water partition coefficient (Wildman–Crippen LogP) is 2.58. The molecule has 2 N–H and O–H groups in total. The number of rotatable bonds is 12. The molecule has 152 valence electrons. The average molecular weight is 370 g/mol. The van der Waals surface area contributed by atoms with Gasteiger partial charge in [-0.25, -0.2) is 0 Å². The summed E-state index contributed by atoms with van der Waals surface area (Å²) in [5.41, 5.74) is 0.366. The van der Waals surface area contributed by atoms with Crippen LogP contribution in [0, 0.1) is 11.3 Å². The van der Waals surface area contributed by atoms with Gasteiger partial charge in [-0.3, -0.25) is 4.99 Å². The predicted molar refractivity (Wildman–Crippen MR) is 106 cm³/mol. The van der Waals surface area contributed by atoms with Gasteiger partial charge in [-0.05, 0) is 56.8 Å². The summed E-state index contributed by atoms with van der Waals surface area (Å²) in [4.78, 5) is 4.84. The molecule has 26 heavy (non-hydrogen) atoms. The van der Waals surface area contributed by atoms with E-state index in [1.165, 1.54) is 19.3 Å². The largest absolute Gasteiger partial charge is 0.385 e. The Morgan fingerprint density at radius 2 is 2.00 bits per heavy atom. The lowest BCUT2D eigenvalue weighted by molar-refractivity contribution is 0.0203. The number of nitrogens with zero attached hydrogens (tertiary/aromatic N) is 1. The fraction of sp³-hybridized carbons (Fsp3) is 0.950. The van der Waals surface area contributed by atoms with Crippen molar-refractivity contribution in [3.8, 4) is 0 Å². The van der Waals surface area contributed by atoms with Crippen LogP contribution in [0.4, 0.5) is 0 Å². The summed E-state index contributed by atoms with van der Waals surface area (Å²) in [5, 5.41) is 6.80. The highest BCUT2D eigenvalue weighted by molar-refractivity contribution is 5.79. The van der Waals surface area contributed by atoms with E-state index in [0.717, 1.165) is 84.3 Å². The van der Waals surface area contributed by atoms with Crippen molar-refractivity contribution in [1.29, 1.82) is 0 Å². The Morgan fingerprint density at radius 3 is 2.65 bits per heavy atom. The van der Waals surface area contributed by atoms with E-state index in [0.29, 0.717) is 11.3 Å². The number of nitrogens with one attached hydrogen (secondary N) is 2. The summed E-state index contributed by atoms with van der Waals surface area (Å²) in [6.07, 6.45) is 8.28. The van der Waals surface area contributed by atoms with Gasteiger partial charge in [-0.15, -0.1) is 0 Å². The number of methoxy groups -OCH3 is 1. The molecule has 2 rings (SSSR count). The van der Waals surface area contributed by atoms with E-state index in [4.69, 9.17) is 19.2 Å². The van der Waals surface area contributed by atoms with Gasteiger partial charge < -0.3 is 24.8 Å². The summed E-state index contributed by atoms with van der Waals surface area (Å²) in [6.45, 7) is 9.09. The van der Waals surface area contributed by atoms with Crippen molar-refractivity contribution in [2.24, 2.45) is 16.3 Å². The monoisotopic (exact) mass is 369 g/mol. The maximum atomic E-state index is 5.83. The molecule has 0 unspecified atom stereocenters. The van der Waals surface area contributed by atoms with E-state index < -0.39 is 0 Å². The molecule has 1 aliphatic heterocycles. The van der Waals surface area contributed by atoms with Crippen LogP contribution in [0.3, 0.4) is 0 Å². The minimum atomic E-state index is 0.366. The average Bonchev–Trinajstić information content (AvgIpc) is 2.64. The molecule has 1 aliphatic carbocycles. The summed E-state index contributed by atoms with van der Waals surface area (Å²) >= 11 is 0. The minimum Gasteiger partial charge on any atom is -0.385 e. The molecule has 0 radical (unpaired) electrons. The Balaban J connectivity index is 1.60. The third-order valence-electron chi connectivity index (χ3n) is 5.62. The van der Waals surface area contributed by atoms with E-state index in [1.807, 2.05) is 0 Å². The molecule has 0 bridgehead atoms. The first-order valence-electron chi connectivity index (χ1n) is 10.4. The van der Waals surface area contributed by atoms with Crippen LogP contribution in [0.5, 0.6) is 0 Å². The maximum absolute atomic E-state index is 5.83. The van der Waals surface area contributed by atoms with Gasteiger partial charge in [0.2, 0.25) is 0 Å². The zero-order valence-electron chi connectivity index (χ0n) is 16.9. The molecule has 2 aliphatic rings. The lowest BCUT2D eigenvalue weighted by atomic mass is 9.67. The Morgan fingerprint density at radius 1 is 1.19 bits per heavy atom. The van der Waals surface area contributed by atoms with Gasteiger partial charge in [0.05, 0.1) is 0 Å². The van der Waals surface area contributed by atoms with Gasteiger partial charge in [0.15, 0.2) is 5.96 Å². The topological polar surface area (TPSA) is 64.1 Å². The second-order valence-corrected chi connectivity index (χ2v) is 7.70. The zero-order chi connectivity index (χ0) is 18.5. The van der Waals surface area contributed by atoms with E-state index in [1.54, 1.807) is 7.11 Å². The maximum Gasteiger partial charge on any atom is 0.191 e. The first kappa shape index (κ1) is 21.5.